The molecule has 4 aliphatic carbocycles. The molecule has 4 bridgehead atoms. The fourth-order valence-corrected chi connectivity index (χ4v) is 8.58. The Balaban J connectivity index is 1.42. The molecular weight excluding hydrogens is 491 g/mol. The number of aromatic amines is 1. The zero-order chi connectivity index (χ0) is 24.6. The van der Waals surface area contributed by atoms with E-state index in [2.05, 4.69) is 22.2 Å². The largest absolute Gasteiger partial charge is 0.339 e. The molecule has 1 N–H and O–H groups in total. The van der Waals surface area contributed by atoms with Crippen molar-refractivity contribution < 1.29 is 0 Å². The Kier molecular flexibility index (Phi) is 4.90. The Labute approximate surface area is 218 Å². The van der Waals surface area contributed by atoms with E-state index in [-0.39, 0.29) is 16.9 Å². The average Bonchev–Trinajstić information content (AvgIpc) is 3.27. The van der Waals surface area contributed by atoms with Crippen LogP contribution in [-0.4, -0.2) is 14.6 Å². The number of nitrogens with zero attached hydrogens (tertiary/aromatic N) is 3. The Morgan fingerprint density at radius 2 is 1.78 bits per heavy atom. The lowest BCUT2D eigenvalue weighted by Gasteiger charge is -2.61. The molecule has 2 heterocycles. The van der Waals surface area contributed by atoms with Crippen molar-refractivity contribution in [1.29, 1.82) is 5.26 Å². The third kappa shape index (κ3) is 3.21. The van der Waals surface area contributed by atoms with Gasteiger partial charge in [-0.25, -0.2) is 0 Å². The van der Waals surface area contributed by atoms with Gasteiger partial charge in [-0.1, -0.05) is 41.4 Å². The second-order valence-electron chi connectivity index (χ2n) is 10.9. The van der Waals surface area contributed by atoms with Gasteiger partial charge in [-0.05, 0) is 85.3 Å². The van der Waals surface area contributed by atoms with E-state index >= 15 is 0 Å². The summed E-state index contributed by atoms with van der Waals surface area (Å²) in [7, 11) is 0. The van der Waals surface area contributed by atoms with Crippen LogP contribution in [0, 0.1) is 29.1 Å². The zero-order valence-corrected chi connectivity index (χ0v) is 21.1. The first kappa shape index (κ1) is 22.2. The lowest BCUT2D eigenvalue weighted by atomic mass is 9.42. The average molecular weight is 515 g/mol. The highest BCUT2D eigenvalue weighted by Gasteiger charge is 2.59. The smallest absolute Gasteiger partial charge is 0.274 e. The Morgan fingerprint density at radius 3 is 2.47 bits per heavy atom. The number of benzene rings is 2. The first-order chi connectivity index (χ1) is 17.4. The minimum atomic E-state index is -0.170. The van der Waals surface area contributed by atoms with E-state index in [9.17, 15) is 4.79 Å². The maximum Gasteiger partial charge on any atom is 0.274 e. The number of nitrogens with one attached hydrogen (secondary N) is 1. The number of aromatic nitrogens is 3. The summed E-state index contributed by atoms with van der Waals surface area (Å²) in [5.74, 6) is 2.16. The lowest BCUT2D eigenvalue weighted by Crippen LogP contribution is -2.54. The molecule has 3 unspecified atom stereocenters. The van der Waals surface area contributed by atoms with Gasteiger partial charge in [0.05, 0.1) is 23.5 Å². The van der Waals surface area contributed by atoms with Crippen LogP contribution in [0.1, 0.15) is 54.7 Å². The highest BCUT2D eigenvalue weighted by Crippen LogP contribution is 2.67. The normalized spacial score (nSPS) is 28.5. The topological polar surface area (TPSA) is 73.9 Å². The van der Waals surface area contributed by atoms with E-state index < -0.39 is 0 Å². The maximum absolute atomic E-state index is 13.1. The molecule has 180 valence electrons. The monoisotopic (exact) mass is 514 g/mol. The van der Waals surface area contributed by atoms with Crippen LogP contribution in [0.25, 0.3) is 16.9 Å². The third-order valence-corrected chi connectivity index (χ3v) is 9.51. The van der Waals surface area contributed by atoms with E-state index in [1.807, 2.05) is 30.5 Å². The molecule has 2 aromatic carbocycles. The molecule has 36 heavy (non-hydrogen) atoms. The second kappa shape index (κ2) is 7.96. The summed E-state index contributed by atoms with van der Waals surface area (Å²) in [5, 5.41) is 15.1. The molecule has 7 heteroatoms. The van der Waals surface area contributed by atoms with Crippen molar-refractivity contribution in [3.63, 3.8) is 0 Å². The van der Waals surface area contributed by atoms with Crippen molar-refractivity contribution in [2.45, 2.75) is 43.4 Å². The van der Waals surface area contributed by atoms with Crippen molar-refractivity contribution in [2.24, 2.45) is 17.8 Å². The minimum absolute atomic E-state index is 0.0960. The highest BCUT2D eigenvalue weighted by molar-refractivity contribution is 6.35. The van der Waals surface area contributed by atoms with Gasteiger partial charge in [-0.2, -0.15) is 14.9 Å². The number of fused-ring (bicyclic) bond motifs is 1. The van der Waals surface area contributed by atoms with Crippen LogP contribution >= 0.6 is 23.2 Å². The van der Waals surface area contributed by atoms with E-state index in [1.165, 1.54) is 29.3 Å². The molecule has 0 aliphatic heterocycles. The molecule has 3 atom stereocenters. The first-order valence-electron chi connectivity index (χ1n) is 12.5. The molecule has 0 radical (unpaired) electrons. The Hall–Kier alpha value is -3.07. The van der Waals surface area contributed by atoms with Crippen molar-refractivity contribution in [3.05, 3.63) is 91.8 Å². The van der Waals surface area contributed by atoms with Gasteiger partial charge < -0.3 is 4.98 Å². The lowest BCUT2D eigenvalue weighted by molar-refractivity contribution is -0.0276. The Morgan fingerprint density at radius 1 is 1.03 bits per heavy atom. The van der Waals surface area contributed by atoms with Gasteiger partial charge in [0.15, 0.2) is 0 Å². The summed E-state index contributed by atoms with van der Waals surface area (Å²) in [4.78, 5) is 16.7. The van der Waals surface area contributed by atoms with Crippen molar-refractivity contribution in [1.82, 2.24) is 14.6 Å². The van der Waals surface area contributed by atoms with Gasteiger partial charge in [-0.15, -0.1) is 0 Å². The van der Waals surface area contributed by atoms with Crippen LogP contribution in [0.2, 0.25) is 10.0 Å². The Bertz CT molecular complexity index is 1600. The quantitative estimate of drug-likeness (QED) is 0.329. The standard InChI is InChI=1S/C29H24Cl2N4O/c30-21-5-6-23(24(31)10-21)29-12-17-7-18(13-29)9-20(8-17)27(29)22-15-33-35-26(36)11-25(34-28(22)35)19-3-1-16(14-32)2-4-19/h1-6,10-11,15,17-18,20,27,34H,7-9,12-13H2. The number of hydrogen-bond acceptors (Lipinski definition) is 3. The van der Waals surface area contributed by atoms with Crippen molar-refractivity contribution in [3.8, 4) is 17.3 Å². The SMILES string of the molecule is N#Cc1ccc(-c2cc(=O)n3ncc(C4C5CC6CC(C5)CC4(c4ccc(Cl)cc4Cl)C6)c3[nH]2)cc1. The summed E-state index contributed by atoms with van der Waals surface area (Å²) in [6, 6.07) is 17.0. The molecule has 5 nitrogen and oxygen atoms in total. The molecule has 4 saturated carbocycles. The molecule has 4 fully saturated rings. The molecular formula is C29H24Cl2N4O. The number of halogens is 2. The molecule has 2 aromatic heterocycles. The van der Waals surface area contributed by atoms with Gasteiger partial charge in [0.1, 0.15) is 5.65 Å². The molecule has 0 spiro atoms. The van der Waals surface area contributed by atoms with Gasteiger partial charge in [0.25, 0.3) is 5.56 Å². The van der Waals surface area contributed by atoms with Crippen LogP contribution in [0.15, 0.2) is 59.5 Å². The molecule has 8 rings (SSSR count). The molecule has 0 saturated heterocycles. The van der Waals surface area contributed by atoms with E-state index in [1.54, 1.807) is 18.2 Å². The fraction of sp³-hybridized carbons (Fsp3) is 0.345. The fourth-order valence-electron chi connectivity index (χ4n) is 7.98. The van der Waals surface area contributed by atoms with Crippen LogP contribution in [0.4, 0.5) is 0 Å². The van der Waals surface area contributed by atoms with Gasteiger partial charge in [0.2, 0.25) is 0 Å². The van der Waals surface area contributed by atoms with Crippen molar-refractivity contribution >= 4 is 28.8 Å². The summed E-state index contributed by atoms with van der Waals surface area (Å²) >= 11 is 13.2. The van der Waals surface area contributed by atoms with Crippen LogP contribution in [-0.2, 0) is 5.41 Å². The third-order valence-electron chi connectivity index (χ3n) is 8.97. The van der Waals surface area contributed by atoms with E-state index in [4.69, 9.17) is 28.5 Å². The number of hydrogen-bond donors (Lipinski definition) is 1. The van der Waals surface area contributed by atoms with Crippen molar-refractivity contribution in [2.75, 3.05) is 0 Å². The number of rotatable bonds is 3. The molecule has 4 aliphatic rings. The summed E-state index contributed by atoms with van der Waals surface area (Å²) in [6.45, 7) is 0. The van der Waals surface area contributed by atoms with Crippen LogP contribution in [0.5, 0.6) is 0 Å². The first-order valence-corrected chi connectivity index (χ1v) is 13.3. The predicted molar refractivity (Wildman–Crippen MR) is 140 cm³/mol. The van der Waals surface area contributed by atoms with Gasteiger partial charge in [-0.3, -0.25) is 4.79 Å². The van der Waals surface area contributed by atoms with Crippen LogP contribution < -0.4 is 5.56 Å². The number of nitriles is 1. The highest BCUT2D eigenvalue weighted by atomic mass is 35.5. The van der Waals surface area contributed by atoms with Gasteiger partial charge in [0, 0.05) is 33.0 Å². The summed E-state index contributed by atoms with van der Waals surface area (Å²) < 4.78 is 1.49. The molecule has 0 amide bonds. The minimum Gasteiger partial charge on any atom is -0.339 e. The molecule has 4 aromatic rings. The van der Waals surface area contributed by atoms with E-state index in [0.29, 0.717) is 28.3 Å². The maximum atomic E-state index is 13.1. The number of H-pyrrole nitrogens is 1. The summed E-state index contributed by atoms with van der Waals surface area (Å²) in [6.07, 6.45) is 7.83. The van der Waals surface area contributed by atoms with Crippen LogP contribution in [0.3, 0.4) is 0 Å². The van der Waals surface area contributed by atoms with Gasteiger partial charge >= 0.3 is 0 Å². The van der Waals surface area contributed by atoms with E-state index in [0.717, 1.165) is 40.3 Å². The zero-order valence-electron chi connectivity index (χ0n) is 19.5. The second-order valence-corrected chi connectivity index (χ2v) is 11.8. The summed E-state index contributed by atoms with van der Waals surface area (Å²) in [5.41, 5.74) is 4.94. The predicted octanol–water partition coefficient (Wildman–Crippen LogP) is 6.73.